The molecule has 10 rings (SSSR count). The predicted molar refractivity (Wildman–Crippen MR) is 208 cm³/mol. The minimum Gasteiger partial charge on any atom is -0.454 e. The fourth-order valence-electron chi connectivity index (χ4n) is 7.99. The molecular formula is C47H33N2O+. The SMILES string of the molecule is Cc1ccc2c(oc3c4ccccc4c4ccccc4c23)c1-c1n(-c2ccc(-c3ccc(-c4ccccc4)cc3)cc2)c2ccccc2[n+]1C. The summed E-state index contributed by atoms with van der Waals surface area (Å²) in [5.41, 5.74) is 12.4. The van der Waals surface area contributed by atoms with Crippen LogP contribution in [0.25, 0.3) is 93.8 Å². The van der Waals surface area contributed by atoms with Crippen LogP contribution in [0, 0.1) is 6.92 Å². The molecule has 0 fully saturated rings. The van der Waals surface area contributed by atoms with Gasteiger partial charge in [-0.3, -0.25) is 0 Å². The molecule has 0 unspecified atom stereocenters. The quantitative estimate of drug-likeness (QED) is 0.138. The molecule has 2 heterocycles. The molecule has 0 saturated carbocycles. The lowest BCUT2D eigenvalue weighted by Crippen LogP contribution is -2.30. The van der Waals surface area contributed by atoms with Crippen molar-refractivity contribution in [3.05, 3.63) is 169 Å². The highest BCUT2D eigenvalue weighted by Gasteiger charge is 2.31. The van der Waals surface area contributed by atoms with E-state index in [2.05, 4.69) is 187 Å². The molecule has 236 valence electrons. The zero-order chi connectivity index (χ0) is 33.3. The second-order valence-electron chi connectivity index (χ2n) is 13.2. The van der Waals surface area contributed by atoms with Gasteiger partial charge in [-0.2, -0.15) is 4.57 Å². The molecule has 8 aromatic carbocycles. The molecular weight excluding hydrogens is 609 g/mol. The number of imidazole rings is 1. The maximum atomic E-state index is 7.07. The first-order chi connectivity index (χ1) is 24.7. The Bertz CT molecular complexity index is 2910. The number of aryl methyl sites for hydroxylation is 2. The Morgan fingerprint density at radius 3 is 1.70 bits per heavy atom. The van der Waals surface area contributed by atoms with E-state index in [-0.39, 0.29) is 0 Å². The molecule has 0 bridgehead atoms. The number of nitrogens with zero attached hydrogens (tertiary/aromatic N) is 2. The van der Waals surface area contributed by atoms with E-state index in [9.17, 15) is 0 Å². The highest BCUT2D eigenvalue weighted by molar-refractivity contribution is 6.31. The number of rotatable bonds is 4. The van der Waals surface area contributed by atoms with Crippen LogP contribution in [0.15, 0.2) is 168 Å². The summed E-state index contributed by atoms with van der Waals surface area (Å²) in [6, 6.07) is 58.8. The van der Waals surface area contributed by atoms with Gasteiger partial charge in [0.05, 0.1) is 7.05 Å². The summed E-state index contributed by atoms with van der Waals surface area (Å²) in [7, 11) is 2.17. The largest absolute Gasteiger partial charge is 0.454 e. The molecule has 0 atom stereocenters. The maximum Gasteiger partial charge on any atom is 0.298 e. The van der Waals surface area contributed by atoms with Crippen molar-refractivity contribution in [2.24, 2.45) is 7.05 Å². The summed E-state index contributed by atoms with van der Waals surface area (Å²) in [6.07, 6.45) is 0. The molecule has 0 N–H and O–H groups in total. The van der Waals surface area contributed by atoms with Crippen molar-refractivity contribution in [1.82, 2.24) is 4.57 Å². The van der Waals surface area contributed by atoms with Gasteiger partial charge < -0.3 is 4.42 Å². The van der Waals surface area contributed by atoms with E-state index < -0.39 is 0 Å². The number of fused-ring (bicyclic) bond motifs is 9. The van der Waals surface area contributed by atoms with Crippen molar-refractivity contribution in [3.8, 4) is 39.3 Å². The molecule has 50 heavy (non-hydrogen) atoms. The van der Waals surface area contributed by atoms with Crippen LogP contribution in [0.1, 0.15) is 5.56 Å². The number of benzene rings is 8. The first-order valence-corrected chi connectivity index (χ1v) is 17.2. The van der Waals surface area contributed by atoms with E-state index >= 15 is 0 Å². The van der Waals surface area contributed by atoms with Gasteiger partial charge in [-0.1, -0.05) is 140 Å². The normalized spacial score (nSPS) is 11.8. The lowest BCUT2D eigenvalue weighted by atomic mass is 9.96. The van der Waals surface area contributed by atoms with E-state index in [0.717, 1.165) is 50.0 Å². The topological polar surface area (TPSA) is 21.9 Å². The Morgan fingerprint density at radius 1 is 0.460 bits per heavy atom. The zero-order valence-electron chi connectivity index (χ0n) is 27.9. The molecule has 10 aromatic rings. The average Bonchev–Trinajstić information content (AvgIpc) is 3.71. The Kier molecular flexibility index (Phi) is 6.31. The third-order valence-corrected chi connectivity index (χ3v) is 10.4. The number of hydrogen-bond acceptors (Lipinski definition) is 1. The van der Waals surface area contributed by atoms with Crippen molar-refractivity contribution in [3.63, 3.8) is 0 Å². The lowest BCUT2D eigenvalue weighted by Gasteiger charge is -2.09. The van der Waals surface area contributed by atoms with E-state index in [0.29, 0.717) is 0 Å². The molecule has 2 aromatic heterocycles. The molecule has 0 spiro atoms. The number of hydrogen-bond donors (Lipinski definition) is 0. The number of aromatic nitrogens is 2. The predicted octanol–water partition coefficient (Wildman–Crippen LogP) is 12.0. The molecule has 0 amide bonds. The summed E-state index contributed by atoms with van der Waals surface area (Å²) in [5, 5.41) is 7.11. The first kappa shape index (κ1) is 28.6. The average molecular weight is 642 g/mol. The van der Waals surface area contributed by atoms with Gasteiger partial charge in [0, 0.05) is 16.2 Å². The van der Waals surface area contributed by atoms with Crippen LogP contribution in [0.2, 0.25) is 0 Å². The fraction of sp³-hybridized carbons (Fsp3) is 0.0426. The second kappa shape index (κ2) is 11.0. The molecule has 0 aliphatic rings. The van der Waals surface area contributed by atoms with E-state index in [4.69, 9.17) is 4.42 Å². The highest BCUT2D eigenvalue weighted by Crippen LogP contribution is 2.44. The number of furan rings is 1. The van der Waals surface area contributed by atoms with Gasteiger partial charge in [0.2, 0.25) is 0 Å². The summed E-state index contributed by atoms with van der Waals surface area (Å²) >= 11 is 0. The van der Waals surface area contributed by atoms with Crippen LogP contribution in [-0.2, 0) is 7.05 Å². The zero-order valence-corrected chi connectivity index (χ0v) is 27.9. The van der Waals surface area contributed by atoms with Crippen molar-refractivity contribution >= 4 is 54.5 Å². The van der Waals surface area contributed by atoms with Crippen molar-refractivity contribution in [2.75, 3.05) is 0 Å². The highest BCUT2D eigenvalue weighted by atomic mass is 16.3. The van der Waals surface area contributed by atoms with E-state index in [1.165, 1.54) is 49.4 Å². The van der Waals surface area contributed by atoms with Crippen LogP contribution >= 0.6 is 0 Å². The van der Waals surface area contributed by atoms with Gasteiger partial charge in [-0.05, 0) is 75.2 Å². The first-order valence-electron chi connectivity index (χ1n) is 17.2. The second-order valence-corrected chi connectivity index (χ2v) is 13.2. The Hall–Kier alpha value is -6.45. The lowest BCUT2D eigenvalue weighted by molar-refractivity contribution is -0.633. The molecule has 3 heteroatoms. The molecule has 3 nitrogen and oxygen atoms in total. The Balaban J connectivity index is 1.19. The summed E-state index contributed by atoms with van der Waals surface area (Å²) < 4.78 is 11.8. The van der Waals surface area contributed by atoms with E-state index in [1.807, 2.05) is 0 Å². The van der Waals surface area contributed by atoms with Crippen LogP contribution < -0.4 is 4.57 Å². The van der Waals surface area contributed by atoms with Gasteiger partial charge in [0.25, 0.3) is 5.82 Å². The van der Waals surface area contributed by atoms with Gasteiger partial charge in [-0.25, -0.2) is 4.57 Å². The molecule has 0 aliphatic carbocycles. The van der Waals surface area contributed by atoms with Gasteiger partial charge in [0.1, 0.15) is 16.8 Å². The minimum atomic E-state index is 0.913. The van der Waals surface area contributed by atoms with Crippen molar-refractivity contribution in [2.45, 2.75) is 6.92 Å². The van der Waals surface area contributed by atoms with Crippen molar-refractivity contribution < 1.29 is 8.98 Å². The Labute approximate surface area is 289 Å². The number of para-hydroxylation sites is 2. The van der Waals surface area contributed by atoms with Gasteiger partial charge in [0.15, 0.2) is 16.6 Å². The van der Waals surface area contributed by atoms with Crippen LogP contribution in [0.3, 0.4) is 0 Å². The summed E-state index contributed by atoms with van der Waals surface area (Å²) in [6.45, 7) is 2.20. The van der Waals surface area contributed by atoms with E-state index in [1.54, 1.807) is 0 Å². The fourth-order valence-corrected chi connectivity index (χ4v) is 7.99. The molecule has 0 saturated heterocycles. The molecule has 0 aliphatic heterocycles. The summed E-state index contributed by atoms with van der Waals surface area (Å²) in [5.74, 6) is 1.09. The third kappa shape index (κ3) is 4.20. The van der Waals surface area contributed by atoms with Gasteiger partial charge >= 0.3 is 0 Å². The van der Waals surface area contributed by atoms with Crippen molar-refractivity contribution in [1.29, 1.82) is 0 Å². The maximum absolute atomic E-state index is 7.07. The van der Waals surface area contributed by atoms with Crippen LogP contribution in [0.5, 0.6) is 0 Å². The smallest absolute Gasteiger partial charge is 0.298 e. The Morgan fingerprint density at radius 2 is 1.00 bits per heavy atom. The monoisotopic (exact) mass is 641 g/mol. The van der Waals surface area contributed by atoms with Crippen LogP contribution in [0.4, 0.5) is 0 Å². The summed E-state index contributed by atoms with van der Waals surface area (Å²) in [4.78, 5) is 0. The van der Waals surface area contributed by atoms with Gasteiger partial charge in [-0.15, -0.1) is 0 Å². The minimum absolute atomic E-state index is 0.913. The van der Waals surface area contributed by atoms with Crippen LogP contribution in [-0.4, -0.2) is 4.57 Å². The third-order valence-electron chi connectivity index (χ3n) is 10.4. The standard InChI is InChI=1S/C47H33N2O/c1-30-20-29-40-44-38-16-8-6-14-36(38)37-15-7-9-17-39(37)45(44)50-46(40)43(30)47-48(2)41-18-10-11-19-42(41)49(47)35-27-25-34(26-28-35)33-23-21-32(22-24-33)31-12-4-3-5-13-31/h3-29H,1-2H3/q+1. The molecule has 0 radical (unpaired) electrons.